The van der Waals surface area contributed by atoms with Crippen molar-refractivity contribution in [1.82, 2.24) is 4.98 Å². The summed E-state index contributed by atoms with van der Waals surface area (Å²) in [6.07, 6.45) is 2.31. The monoisotopic (exact) mass is 233 g/mol. The van der Waals surface area contributed by atoms with E-state index in [1.54, 1.807) is 12.3 Å². The summed E-state index contributed by atoms with van der Waals surface area (Å²) in [5.74, 6) is -0.879. The highest BCUT2D eigenvalue weighted by Crippen LogP contribution is 2.17. The Balaban J connectivity index is 2.36. The van der Waals surface area contributed by atoms with Gasteiger partial charge in [-0.25, -0.2) is 9.78 Å². The van der Waals surface area contributed by atoms with Crippen LogP contribution in [0.1, 0.15) is 26.5 Å². The van der Waals surface area contributed by atoms with Crippen LogP contribution in [0.5, 0.6) is 0 Å². The van der Waals surface area contributed by atoms with Crippen LogP contribution in [-0.4, -0.2) is 16.1 Å². The molecule has 0 aliphatic carbocycles. The number of thiazole rings is 1. The molecule has 0 unspecified atom stereocenters. The number of carbonyl (C=O) groups is 1. The molecule has 1 N–H and O–H groups in total. The number of hydrogen-bond acceptors (Lipinski definition) is 3. The molecule has 0 spiro atoms. The topological polar surface area (TPSA) is 50.2 Å². The molecule has 0 aliphatic rings. The molecule has 2 rings (SSSR count). The first-order chi connectivity index (χ1) is 7.66. The number of rotatable bonds is 3. The molecule has 82 valence electrons. The summed E-state index contributed by atoms with van der Waals surface area (Å²) in [4.78, 5) is 15.2. The van der Waals surface area contributed by atoms with Crippen LogP contribution in [0.15, 0.2) is 29.8 Å². The van der Waals surface area contributed by atoms with Gasteiger partial charge >= 0.3 is 5.97 Å². The Morgan fingerprint density at radius 3 is 2.94 bits per heavy atom. The van der Waals surface area contributed by atoms with E-state index in [9.17, 15) is 4.79 Å². The van der Waals surface area contributed by atoms with Gasteiger partial charge in [0, 0.05) is 18.0 Å². The molecule has 3 nitrogen and oxygen atoms in total. The fourth-order valence-corrected chi connectivity index (χ4v) is 2.19. The van der Waals surface area contributed by atoms with E-state index in [2.05, 4.69) is 4.98 Å². The number of nitrogens with zero attached hydrogens (tertiary/aromatic N) is 1. The lowest BCUT2D eigenvalue weighted by atomic mass is 10.0. The molecule has 0 saturated heterocycles. The quantitative estimate of drug-likeness (QED) is 0.886. The maximum atomic E-state index is 11.1. The molecule has 0 atom stereocenters. The van der Waals surface area contributed by atoms with E-state index in [-0.39, 0.29) is 0 Å². The van der Waals surface area contributed by atoms with E-state index >= 15 is 0 Å². The van der Waals surface area contributed by atoms with Crippen molar-refractivity contribution in [2.45, 2.75) is 13.3 Å². The lowest BCUT2D eigenvalue weighted by Crippen LogP contribution is -2.03. The molecule has 1 aromatic carbocycles. The summed E-state index contributed by atoms with van der Waals surface area (Å²) in [5, 5.41) is 11.9. The molecule has 1 heterocycles. The first-order valence-electron chi connectivity index (χ1n) is 4.88. The molecule has 0 saturated carbocycles. The van der Waals surface area contributed by atoms with E-state index in [1.807, 2.05) is 24.4 Å². The van der Waals surface area contributed by atoms with Crippen molar-refractivity contribution >= 4 is 17.3 Å². The Labute approximate surface area is 97.4 Å². The van der Waals surface area contributed by atoms with Gasteiger partial charge < -0.3 is 5.11 Å². The van der Waals surface area contributed by atoms with E-state index < -0.39 is 5.97 Å². The van der Waals surface area contributed by atoms with Gasteiger partial charge in [-0.2, -0.15) is 0 Å². The maximum absolute atomic E-state index is 11.1. The summed E-state index contributed by atoms with van der Waals surface area (Å²) in [5.41, 5.74) is 2.14. The van der Waals surface area contributed by atoms with Crippen LogP contribution in [0.3, 0.4) is 0 Å². The van der Waals surface area contributed by atoms with Crippen LogP contribution in [0, 0.1) is 6.92 Å². The molecule has 2 aromatic rings. The highest BCUT2D eigenvalue weighted by atomic mass is 32.1. The van der Waals surface area contributed by atoms with E-state index in [0.717, 1.165) is 16.1 Å². The fraction of sp³-hybridized carbons (Fsp3) is 0.167. The number of hydrogen-bond donors (Lipinski definition) is 1. The Morgan fingerprint density at radius 2 is 2.31 bits per heavy atom. The molecular formula is C12H11NO2S. The van der Waals surface area contributed by atoms with Crippen LogP contribution in [0.2, 0.25) is 0 Å². The van der Waals surface area contributed by atoms with E-state index in [4.69, 9.17) is 5.11 Å². The van der Waals surface area contributed by atoms with Gasteiger partial charge in [0.2, 0.25) is 0 Å². The lowest BCUT2D eigenvalue weighted by molar-refractivity contribution is 0.0695. The average Bonchev–Trinajstić information content (AvgIpc) is 2.73. The standard InChI is InChI=1S/C12H11NO2S/c1-8-2-3-9(10(6-8)12(14)15)7-11-13-4-5-16-11/h2-6H,7H2,1H3,(H,14,15). The van der Waals surface area contributed by atoms with Crippen LogP contribution in [0.25, 0.3) is 0 Å². The highest BCUT2D eigenvalue weighted by molar-refractivity contribution is 7.09. The highest BCUT2D eigenvalue weighted by Gasteiger charge is 2.11. The summed E-state index contributed by atoms with van der Waals surface area (Å²) >= 11 is 1.54. The zero-order valence-electron chi connectivity index (χ0n) is 8.80. The number of carboxylic acid groups (broad SMARTS) is 1. The van der Waals surface area contributed by atoms with Crippen molar-refractivity contribution in [2.24, 2.45) is 0 Å². The first-order valence-corrected chi connectivity index (χ1v) is 5.76. The first kappa shape index (κ1) is 10.8. The minimum Gasteiger partial charge on any atom is -0.478 e. The van der Waals surface area contributed by atoms with Crippen molar-refractivity contribution in [3.8, 4) is 0 Å². The van der Waals surface area contributed by atoms with Gasteiger partial charge in [-0.3, -0.25) is 0 Å². The van der Waals surface area contributed by atoms with Crippen molar-refractivity contribution in [3.05, 3.63) is 51.5 Å². The minimum atomic E-state index is -0.879. The zero-order valence-corrected chi connectivity index (χ0v) is 9.62. The zero-order chi connectivity index (χ0) is 11.5. The molecule has 4 heteroatoms. The Hall–Kier alpha value is -1.68. The third kappa shape index (κ3) is 2.28. The van der Waals surface area contributed by atoms with Gasteiger partial charge in [0.25, 0.3) is 0 Å². The number of aryl methyl sites for hydroxylation is 1. The van der Waals surface area contributed by atoms with Crippen LogP contribution < -0.4 is 0 Å². The average molecular weight is 233 g/mol. The summed E-state index contributed by atoms with van der Waals surface area (Å²) in [6.45, 7) is 1.89. The smallest absolute Gasteiger partial charge is 0.335 e. The third-order valence-corrected chi connectivity index (χ3v) is 3.10. The van der Waals surface area contributed by atoms with Crippen molar-refractivity contribution in [2.75, 3.05) is 0 Å². The Bertz CT molecular complexity index is 506. The number of aromatic carboxylic acids is 1. The number of carboxylic acids is 1. The Kier molecular flexibility index (Phi) is 3.01. The molecule has 0 bridgehead atoms. The molecule has 0 amide bonds. The fourth-order valence-electron chi connectivity index (χ4n) is 1.55. The number of benzene rings is 1. The van der Waals surface area contributed by atoms with Gasteiger partial charge in [-0.1, -0.05) is 17.7 Å². The normalized spacial score (nSPS) is 10.3. The van der Waals surface area contributed by atoms with Gasteiger partial charge in [-0.05, 0) is 18.6 Å². The molecule has 1 aromatic heterocycles. The van der Waals surface area contributed by atoms with E-state index in [0.29, 0.717) is 12.0 Å². The van der Waals surface area contributed by atoms with Crippen molar-refractivity contribution in [3.63, 3.8) is 0 Å². The van der Waals surface area contributed by atoms with Gasteiger partial charge in [0.1, 0.15) is 0 Å². The van der Waals surface area contributed by atoms with Crippen LogP contribution >= 0.6 is 11.3 Å². The van der Waals surface area contributed by atoms with Crippen LogP contribution in [0.4, 0.5) is 0 Å². The molecule has 0 radical (unpaired) electrons. The van der Waals surface area contributed by atoms with Crippen LogP contribution in [-0.2, 0) is 6.42 Å². The maximum Gasteiger partial charge on any atom is 0.335 e. The third-order valence-electron chi connectivity index (χ3n) is 2.32. The van der Waals surface area contributed by atoms with Gasteiger partial charge in [0.05, 0.1) is 10.6 Å². The molecular weight excluding hydrogens is 222 g/mol. The predicted molar refractivity (Wildman–Crippen MR) is 63.1 cm³/mol. The summed E-state index contributed by atoms with van der Waals surface area (Å²) in [6, 6.07) is 5.49. The molecule has 0 aliphatic heterocycles. The SMILES string of the molecule is Cc1ccc(Cc2nccs2)c(C(=O)O)c1. The molecule has 0 fully saturated rings. The van der Waals surface area contributed by atoms with Gasteiger partial charge in [0.15, 0.2) is 0 Å². The second-order valence-corrected chi connectivity index (χ2v) is 4.55. The van der Waals surface area contributed by atoms with E-state index in [1.165, 1.54) is 11.3 Å². The lowest BCUT2D eigenvalue weighted by Gasteiger charge is -2.05. The summed E-state index contributed by atoms with van der Waals surface area (Å²) in [7, 11) is 0. The molecule has 16 heavy (non-hydrogen) atoms. The van der Waals surface area contributed by atoms with Crippen molar-refractivity contribution < 1.29 is 9.90 Å². The second-order valence-electron chi connectivity index (χ2n) is 3.57. The summed E-state index contributed by atoms with van der Waals surface area (Å²) < 4.78 is 0. The minimum absolute atomic E-state index is 0.371. The number of aromatic nitrogens is 1. The Morgan fingerprint density at radius 1 is 1.50 bits per heavy atom. The largest absolute Gasteiger partial charge is 0.478 e. The predicted octanol–water partition coefficient (Wildman–Crippen LogP) is 2.74. The van der Waals surface area contributed by atoms with Gasteiger partial charge in [-0.15, -0.1) is 11.3 Å². The second kappa shape index (κ2) is 4.45. The van der Waals surface area contributed by atoms with Crippen molar-refractivity contribution in [1.29, 1.82) is 0 Å².